The first-order valence-electron chi connectivity index (χ1n) is 5.74. The highest BCUT2D eigenvalue weighted by Gasteiger charge is 2.14. The van der Waals surface area contributed by atoms with E-state index in [4.69, 9.17) is 0 Å². The van der Waals surface area contributed by atoms with E-state index in [1.54, 1.807) is 0 Å². The highest BCUT2D eigenvalue weighted by Crippen LogP contribution is 2.25. The summed E-state index contributed by atoms with van der Waals surface area (Å²) in [4.78, 5) is 3.23. The van der Waals surface area contributed by atoms with Crippen LogP contribution in [0.3, 0.4) is 0 Å². The van der Waals surface area contributed by atoms with Crippen molar-refractivity contribution in [3.05, 3.63) is 36.0 Å². The summed E-state index contributed by atoms with van der Waals surface area (Å²) in [6, 6.07) is 9.43. The van der Waals surface area contributed by atoms with E-state index in [0.717, 1.165) is 6.54 Å². The lowest BCUT2D eigenvalue weighted by Crippen LogP contribution is -2.26. The van der Waals surface area contributed by atoms with E-state index in [1.165, 1.54) is 35.7 Å². The molecule has 1 aromatic heterocycles. The van der Waals surface area contributed by atoms with Gasteiger partial charge in [0.05, 0.1) is 0 Å². The molecule has 1 aromatic carbocycles. The third-order valence-corrected chi connectivity index (χ3v) is 3.29. The number of piperidine rings is 1. The molecule has 1 fully saturated rings. The Morgan fingerprint density at radius 2 is 2.13 bits per heavy atom. The van der Waals surface area contributed by atoms with Crippen molar-refractivity contribution in [2.45, 2.75) is 25.3 Å². The van der Waals surface area contributed by atoms with Crippen molar-refractivity contribution in [2.24, 2.45) is 0 Å². The number of rotatable bonds is 1. The van der Waals surface area contributed by atoms with Gasteiger partial charge < -0.3 is 10.3 Å². The zero-order valence-electron chi connectivity index (χ0n) is 8.79. The molecule has 0 aliphatic carbocycles. The van der Waals surface area contributed by atoms with Crippen LogP contribution in [0, 0.1) is 0 Å². The number of nitrogens with one attached hydrogen (secondary N) is 2. The molecule has 2 N–H and O–H groups in total. The zero-order valence-corrected chi connectivity index (χ0v) is 8.79. The standard InChI is InChI=1S/C13H16N2/c1-2-7-14-12(3-1)10-4-5-13-11(9-10)6-8-15-13/h4-6,8-9,12,14-15H,1-3,7H2. The second kappa shape index (κ2) is 3.70. The van der Waals surface area contributed by atoms with Crippen molar-refractivity contribution in [2.75, 3.05) is 6.54 Å². The quantitative estimate of drug-likeness (QED) is 0.727. The summed E-state index contributed by atoms with van der Waals surface area (Å²) >= 11 is 0. The molecule has 1 aliphatic rings. The topological polar surface area (TPSA) is 27.8 Å². The van der Waals surface area contributed by atoms with E-state index in [9.17, 15) is 0 Å². The Labute approximate surface area is 89.7 Å². The molecule has 0 radical (unpaired) electrons. The van der Waals surface area contributed by atoms with Gasteiger partial charge in [-0.05, 0) is 48.5 Å². The largest absolute Gasteiger partial charge is 0.361 e. The summed E-state index contributed by atoms with van der Waals surface area (Å²) in [5.74, 6) is 0. The fourth-order valence-electron chi connectivity index (χ4n) is 2.42. The van der Waals surface area contributed by atoms with Crippen LogP contribution in [0.25, 0.3) is 10.9 Å². The lowest BCUT2D eigenvalue weighted by atomic mass is 9.97. The Balaban J connectivity index is 1.95. The predicted molar refractivity (Wildman–Crippen MR) is 62.9 cm³/mol. The number of H-pyrrole nitrogens is 1. The van der Waals surface area contributed by atoms with Crippen LogP contribution in [-0.2, 0) is 0 Å². The normalized spacial score (nSPS) is 22.0. The van der Waals surface area contributed by atoms with Gasteiger partial charge in [0.2, 0.25) is 0 Å². The van der Waals surface area contributed by atoms with Gasteiger partial charge in [0, 0.05) is 17.8 Å². The smallest absolute Gasteiger partial charge is 0.0454 e. The first-order chi connectivity index (χ1) is 7.43. The lowest BCUT2D eigenvalue weighted by Gasteiger charge is -2.23. The molecule has 1 saturated heterocycles. The lowest BCUT2D eigenvalue weighted by molar-refractivity contribution is 0.412. The van der Waals surface area contributed by atoms with Gasteiger partial charge in [-0.2, -0.15) is 0 Å². The van der Waals surface area contributed by atoms with Crippen molar-refractivity contribution >= 4 is 10.9 Å². The van der Waals surface area contributed by atoms with Crippen LogP contribution in [0.1, 0.15) is 30.9 Å². The van der Waals surface area contributed by atoms with Crippen LogP contribution in [0.2, 0.25) is 0 Å². The van der Waals surface area contributed by atoms with Crippen molar-refractivity contribution in [3.8, 4) is 0 Å². The van der Waals surface area contributed by atoms with Crippen molar-refractivity contribution in [1.29, 1.82) is 0 Å². The number of fused-ring (bicyclic) bond motifs is 1. The number of aromatic amines is 1. The van der Waals surface area contributed by atoms with Crippen molar-refractivity contribution in [3.63, 3.8) is 0 Å². The first kappa shape index (κ1) is 8.98. The maximum absolute atomic E-state index is 3.58. The van der Waals surface area contributed by atoms with E-state index in [2.05, 4.69) is 34.6 Å². The van der Waals surface area contributed by atoms with E-state index in [1.807, 2.05) is 6.20 Å². The molecular weight excluding hydrogens is 184 g/mol. The summed E-state index contributed by atoms with van der Waals surface area (Å²) in [5, 5.41) is 4.90. The maximum atomic E-state index is 3.58. The highest BCUT2D eigenvalue weighted by molar-refractivity contribution is 5.80. The van der Waals surface area contributed by atoms with Gasteiger partial charge in [-0.25, -0.2) is 0 Å². The minimum Gasteiger partial charge on any atom is -0.361 e. The number of hydrogen-bond donors (Lipinski definition) is 2. The molecule has 2 heteroatoms. The first-order valence-corrected chi connectivity index (χ1v) is 5.74. The van der Waals surface area contributed by atoms with Gasteiger partial charge in [0.1, 0.15) is 0 Å². The third kappa shape index (κ3) is 1.65. The summed E-state index contributed by atoms with van der Waals surface area (Å²) in [5.41, 5.74) is 2.66. The third-order valence-electron chi connectivity index (χ3n) is 3.29. The Hall–Kier alpha value is -1.28. The van der Waals surface area contributed by atoms with Gasteiger partial charge in [0.15, 0.2) is 0 Å². The van der Waals surface area contributed by atoms with Gasteiger partial charge in [-0.3, -0.25) is 0 Å². The second-order valence-corrected chi connectivity index (χ2v) is 4.33. The molecule has 2 aromatic rings. The minimum atomic E-state index is 0.568. The molecule has 0 saturated carbocycles. The molecule has 2 nitrogen and oxygen atoms in total. The van der Waals surface area contributed by atoms with Crippen LogP contribution < -0.4 is 5.32 Å². The van der Waals surface area contributed by atoms with E-state index >= 15 is 0 Å². The Morgan fingerprint density at radius 3 is 3.00 bits per heavy atom. The molecule has 78 valence electrons. The zero-order chi connectivity index (χ0) is 10.1. The SMILES string of the molecule is c1cc2cc(C3CCCCN3)ccc2[nH]1. The van der Waals surface area contributed by atoms with Gasteiger partial charge in [0.25, 0.3) is 0 Å². The minimum absolute atomic E-state index is 0.568. The highest BCUT2D eigenvalue weighted by atomic mass is 14.9. The molecule has 3 rings (SSSR count). The number of hydrogen-bond acceptors (Lipinski definition) is 1. The summed E-state index contributed by atoms with van der Waals surface area (Å²) in [6.45, 7) is 1.16. The van der Waals surface area contributed by atoms with Gasteiger partial charge >= 0.3 is 0 Å². The molecule has 0 bridgehead atoms. The fourth-order valence-corrected chi connectivity index (χ4v) is 2.42. The average molecular weight is 200 g/mol. The van der Waals surface area contributed by atoms with E-state index in [0.29, 0.717) is 6.04 Å². The molecule has 2 heterocycles. The van der Waals surface area contributed by atoms with Crippen LogP contribution in [0.5, 0.6) is 0 Å². The molecule has 1 atom stereocenters. The van der Waals surface area contributed by atoms with Crippen LogP contribution in [-0.4, -0.2) is 11.5 Å². The summed E-state index contributed by atoms with van der Waals surface area (Å²) in [6.07, 6.45) is 5.95. The number of aromatic nitrogens is 1. The maximum Gasteiger partial charge on any atom is 0.0454 e. The molecular formula is C13H16N2. The van der Waals surface area contributed by atoms with Crippen molar-refractivity contribution < 1.29 is 0 Å². The second-order valence-electron chi connectivity index (χ2n) is 4.33. The number of benzene rings is 1. The van der Waals surface area contributed by atoms with Crippen LogP contribution in [0.4, 0.5) is 0 Å². The predicted octanol–water partition coefficient (Wildman–Crippen LogP) is 2.98. The Bertz CT molecular complexity index is 452. The monoisotopic (exact) mass is 200 g/mol. The summed E-state index contributed by atoms with van der Waals surface area (Å²) < 4.78 is 0. The molecule has 1 aliphatic heterocycles. The molecule has 1 unspecified atom stereocenters. The van der Waals surface area contributed by atoms with Gasteiger partial charge in [-0.1, -0.05) is 12.5 Å². The van der Waals surface area contributed by atoms with E-state index < -0.39 is 0 Å². The molecule has 0 amide bonds. The summed E-state index contributed by atoms with van der Waals surface area (Å²) in [7, 11) is 0. The van der Waals surface area contributed by atoms with Crippen LogP contribution in [0.15, 0.2) is 30.5 Å². The Morgan fingerprint density at radius 1 is 1.13 bits per heavy atom. The van der Waals surface area contributed by atoms with E-state index in [-0.39, 0.29) is 0 Å². The molecule has 0 spiro atoms. The fraction of sp³-hybridized carbons (Fsp3) is 0.385. The molecule has 15 heavy (non-hydrogen) atoms. The van der Waals surface area contributed by atoms with Gasteiger partial charge in [-0.15, -0.1) is 0 Å². The average Bonchev–Trinajstić information content (AvgIpc) is 2.77. The van der Waals surface area contributed by atoms with Crippen molar-refractivity contribution in [1.82, 2.24) is 10.3 Å². The van der Waals surface area contributed by atoms with Crippen LogP contribution >= 0.6 is 0 Å². The Kier molecular flexibility index (Phi) is 2.22.